The van der Waals surface area contributed by atoms with Crippen molar-refractivity contribution in [1.82, 2.24) is 19.9 Å². The van der Waals surface area contributed by atoms with Gasteiger partial charge in [0.2, 0.25) is 16.0 Å². The Bertz CT molecular complexity index is 1920. The third kappa shape index (κ3) is 6.43. The average Bonchev–Trinajstić information content (AvgIpc) is 2.96. The number of halogens is 6. The first-order valence-corrected chi connectivity index (χ1v) is 15.8. The number of aliphatic imine (C=N–C) groups is 1. The van der Waals surface area contributed by atoms with E-state index < -0.39 is 92.7 Å². The number of guanidine groups is 1. The van der Waals surface area contributed by atoms with Gasteiger partial charge in [0.05, 0.1) is 18.3 Å². The van der Waals surface area contributed by atoms with Crippen molar-refractivity contribution in [2.75, 3.05) is 13.1 Å². The van der Waals surface area contributed by atoms with Crippen LogP contribution in [0, 0.1) is 0 Å². The molecule has 0 unspecified atom stereocenters. The van der Waals surface area contributed by atoms with Gasteiger partial charge in [-0.15, -0.1) is 0 Å². The number of rotatable bonds is 6. The highest BCUT2D eigenvalue weighted by atomic mass is 32.2. The van der Waals surface area contributed by atoms with Gasteiger partial charge in [-0.05, 0) is 11.6 Å². The van der Waals surface area contributed by atoms with Crippen LogP contribution < -0.4 is 31.6 Å². The van der Waals surface area contributed by atoms with Crippen LogP contribution in [0.3, 0.4) is 0 Å². The number of allylic oxidation sites excluding steroid dienone is 3. The number of benzene rings is 1. The fraction of sp³-hybridized carbons (Fsp3) is 0.414. The van der Waals surface area contributed by atoms with E-state index in [0.717, 1.165) is 10.6 Å². The van der Waals surface area contributed by atoms with E-state index in [1.165, 1.54) is 12.1 Å². The van der Waals surface area contributed by atoms with Gasteiger partial charge in [0.15, 0.2) is 11.7 Å². The van der Waals surface area contributed by atoms with Crippen molar-refractivity contribution in [2.24, 2.45) is 9.98 Å². The Kier molecular flexibility index (Phi) is 8.14. The van der Waals surface area contributed by atoms with Gasteiger partial charge in [0.25, 0.3) is 11.5 Å². The second kappa shape index (κ2) is 11.8. The number of aromatic nitrogens is 1. The fourth-order valence-corrected chi connectivity index (χ4v) is 7.04. The van der Waals surface area contributed by atoms with E-state index in [1.54, 1.807) is 22.9 Å². The predicted octanol–water partition coefficient (Wildman–Crippen LogP) is 2.60. The van der Waals surface area contributed by atoms with Crippen molar-refractivity contribution in [2.45, 2.75) is 62.2 Å². The van der Waals surface area contributed by atoms with E-state index in [9.17, 15) is 26.4 Å². The van der Waals surface area contributed by atoms with Gasteiger partial charge in [0, 0.05) is 61.2 Å². The van der Waals surface area contributed by atoms with Crippen molar-refractivity contribution in [3.63, 3.8) is 0 Å². The third-order valence-electron chi connectivity index (χ3n) is 8.02. The Balaban J connectivity index is 1.39. The van der Waals surface area contributed by atoms with E-state index in [1.807, 2.05) is 0 Å². The highest BCUT2D eigenvalue weighted by molar-refractivity contribution is 7.88. The molecule has 4 aliphatic rings. The van der Waals surface area contributed by atoms with Crippen LogP contribution >= 0.6 is 0 Å². The molecule has 2 fully saturated rings. The monoisotopic (exact) mass is 654 g/mol. The molecule has 2 atom stereocenters. The largest absolute Gasteiger partial charge is 0.350 e. The normalized spacial score (nSPS) is 24.8. The van der Waals surface area contributed by atoms with Crippen LogP contribution in [0.15, 0.2) is 74.4 Å². The molecule has 0 spiro atoms. The second-order valence-electron chi connectivity index (χ2n) is 11.5. The van der Waals surface area contributed by atoms with Crippen LogP contribution in [-0.2, 0) is 22.3 Å². The number of alkyl halides is 3. The molecule has 1 saturated heterocycles. The zero-order valence-electron chi connectivity index (χ0n) is 23.6. The van der Waals surface area contributed by atoms with Gasteiger partial charge >= 0.3 is 0 Å². The summed E-state index contributed by atoms with van der Waals surface area (Å²) in [6, 6.07) is 7.53. The second-order valence-corrected chi connectivity index (χ2v) is 13.2. The Morgan fingerprint density at radius 1 is 1.07 bits per heavy atom. The Morgan fingerprint density at radius 2 is 1.80 bits per heavy atom. The first kappa shape index (κ1) is 31.1. The molecule has 6 rings (SSSR count). The fourth-order valence-electron chi connectivity index (χ4n) is 5.83. The molecule has 9 nitrogen and oxygen atoms in total. The zero-order chi connectivity index (χ0) is 32.1. The molecule has 3 N–H and O–H groups in total. The minimum atomic E-state index is -4.36. The van der Waals surface area contributed by atoms with Gasteiger partial charge < -0.3 is 10.6 Å². The summed E-state index contributed by atoms with van der Waals surface area (Å²) in [5, 5.41) is 5.42. The molecule has 0 amide bonds. The number of nitrogens with zero attached hydrogens (tertiary/aromatic N) is 3. The summed E-state index contributed by atoms with van der Waals surface area (Å²) >= 11 is 0. The maximum atomic E-state index is 15.5. The molecule has 2 aromatic rings. The van der Waals surface area contributed by atoms with Gasteiger partial charge in [0.1, 0.15) is 23.2 Å². The Morgan fingerprint density at radius 3 is 2.49 bits per heavy atom. The molecule has 45 heavy (non-hydrogen) atoms. The first-order valence-electron chi connectivity index (χ1n) is 14.2. The summed E-state index contributed by atoms with van der Waals surface area (Å²) in [6.07, 6.45) is -3.33. The lowest BCUT2D eigenvalue weighted by Crippen LogP contribution is -2.54. The van der Waals surface area contributed by atoms with Crippen molar-refractivity contribution >= 4 is 21.6 Å². The molecular weight excluding hydrogens is 626 g/mol. The zero-order valence-corrected chi connectivity index (χ0v) is 24.4. The lowest BCUT2D eigenvalue weighted by molar-refractivity contribution is -0.105. The van der Waals surface area contributed by atoms with Crippen LogP contribution in [0.4, 0.5) is 26.3 Å². The average molecular weight is 655 g/mol. The topological polar surface area (TPSA) is 117 Å². The minimum absolute atomic E-state index is 0.0195. The van der Waals surface area contributed by atoms with E-state index >= 15 is 13.2 Å². The van der Waals surface area contributed by atoms with Gasteiger partial charge in [-0.25, -0.2) is 39.8 Å². The molecule has 16 heteroatoms. The molecule has 1 saturated carbocycles. The number of hydrogen-bond acceptors (Lipinski definition) is 7. The Hall–Kier alpha value is -3.92. The molecule has 0 radical (unpaired) electrons. The molecule has 3 heterocycles. The first-order chi connectivity index (χ1) is 21.3. The van der Waals surface area contributed by atoms with Crippen LogP contribution in [-0.4, -0.2) is 50.2 Å². The number of pyridine rings is 1. The molecule has 2 aliphatic heterocycles. The predicted molar refractivity (Wildman–Crippen MR) is 153 cm³/mol. The summed E-state index contributed by atoms with van der Waals surface area (Å²) < 4.78 is 116. The highest BCUT2D eigenvalue weighted by Crippen LogP contribution is 2.44. The van der Waals surface area contributed by atoms with Crippen molar-refractivity contribution < 1.29 is 34.8 Å². The molecule has 2 aliphatic carbocycles. The smallest absolute Gasteiger partial charge is 0.260 e. The highest BCUT2D eigenvalue weighted by Gasteiger charge is 2.47. The summed E-state index contributed by atoms with van der Waals surface area (Å²) in [5.41, 5.74) is -2.40. The molecule has 0 bridgehead atoms. The minimum Gasteiger partial charge on any atom is -0.350 e. The van der Waals surface area contributed by atoms with Crippen LogP contribution in [0.25, 0.3) is 5.57 Å². The number of piperidine rings is 1. The lowest BCUT2D eigenvalue weighted by atomic mass is 9.87. The molecule has 1 aromatic heterocycles. The maximum absolute atomic E-state index is 15.5. The SMILES string of the molecule is O=c1c(=C2CC(F)=C(NS(=O)(=O)Cc3ccccc3)C(F)=C2F)cc2c(n1C1CC(F)(F)C1)=NC(N[C@@H]1CNC[C@@H](F)C1)=NC2. The lowest BCUT2D eigenvalue weighted by Gasteiger charge is -2.36. The molecule has 1 aromatic carbocycles. The van der Waals surface area contributed by atoms with E-state index in [0.29, 0.717) is 12.1 Å². The molecular formula is C29H28F6N6O3S. The summed E-state index contributed by atoms with van der Waals surface area (Å²) in [5.74, 6) is -8.54. The summed E-state index contributed by atoms with van der Waals surface area (Å²) in [7, 11) is -4.36. The van der Waals surface area contributed by atoms with Gasteiger partial charge in [-0.1, -0.05) is 30.3 Å². The number of sulfonamides is 1. The van der Waals surface area contributed by atoms with Gasteiger partial charge in [-0.2, -0.15) is 4.99 Å². The maximum Gasteiger partial charge on any atom is 0.260 e. The third-order valence-corrected chi connectivity index (χ3v) is 9.25. The van der Waals surface area contributed by atoms with E-state index in [4.69, 9.17) is 0 Å². The standard InChI is InChI=1S/C29H28F6N6O3S/c30-17-7-18(13-36-12-17)38-28-37-11-16-6-21(27(42)41(26(16)39-28)19-9-29(34,35)10-19)20-8-22(31)25(24(33)23(20)32)40-45(43,44)14-15-4-2-1-3-5-15/h1-6,17-19,36,40H,7-14H2,(H,37,38)/t17-,18-/m0/s1. The van der Waals surface area contributed by atoms with E-state index in [2.05, 4.69) is 20.6 Å². The van der Waals surface area contributed by atoms with Crippen molar-refractivity contribution in [3.05, 3.63) is 91.8 Å². The number of fused-ring (bicyclic) bond motifs is 1. The summed E-state index contributed by atoms with van der Waals surface area (Å²) in [4.78, 5) is 22.4. The number of nitrogens with one attached hydrogen (secondary N) is 3. The van der Waals surface area contributed by atoms with Crippen molar-refractivity contribution in [1.29, 1.82) is 0 Å². The molecule has 240 valence electrons. The summed E-state index contributed by atoms with van der Waals surface area (Å²) in [6.45, 7) is 0.478. The quantitative estimate of drug-likeness (QED) is 0.415. The Labute approximate surface area is 253 Å². The number of hydrogen-bond donors (Lipinski definition) is 3. The van der Waals surface area contributed by atoms with Gasteiger partial charge in [-0.3, -0.25) is 14.1 Å². The van der Waals surface area contributed by atoms with Crippen molar-refractivity contribution in [3.8, 4) is 0 Å². The van der Waals surface area contributed by atoms with Crippen LogP contribution in [0.1, 0.15) is 42.9 Å². The van der Waals surface area contributed by atoms with Crippen LogP contribution in [0.2, 0.25) is 0 Å². The van der Waals surface area contributed by atoms with E-state index in [-0.39, 0.29) is 42.6 Å². The van der Waals surface area contributed by atoms with Crippen LogP contribution in [0.5, 0.6) is 0 Å².